The minimum Gasteiger partial charge on any atom is -0.550 e. The van der Waals surface area contributed by atoms with Crippen LogP contribution in [0.3, 0.4) is 0 Å². The molecule has 0 bridgehead atoms. The molecule has 17 heteroatoms. The third-order valence-corrected chi connectivity index (χ3v) is 5.62. The molecule has 0 aromatic heterocycles. The molecule has 0 aliphatic carbocycles. The average Bonchev–Trinajstić information content (AvgIpc) is 2.97. The maximum Gasteiger partial charge on any atom is 1.00 e. The number of hydrogen-bond acceptors (Lipinski definition) is 8. The van der Waals surface area contributed by atoms with Gasteiger partial charge < -0.3 is 37.5 Å². The normalized spacial score (nSPS) is 9.44. The van der Waals surface area contributed by atoms with Gasteiger partial charge in [-0.15, -0.1) is 23.7 Å². The van der Waals surface area contributed by atoms with Gasteiger partial charge in [0.25, 0.3) is 0 Å². The van der Waals surface area contributed by atoms with Crippen molar-refractivity contribution < 1.29 is 69.5 Å². The van der Waals surface area contributed by atoms with Gasteiger partial charge >= 0.3 is 33.3 Å². The first-order chi connectivity index (χ1) is 20.0. The Morgan fingerprint density at radius 3 is 1.44 bits per heavy atom. The molecule has 0 aliphatic heterocycles. The number of para-hydroxylation sites is 1. The summed E-state index contributed by atoms with van der Waals surface area (Å²) < 4.78 is 76.9. The fraction of sp³-hybridized carbons (Fsp3) is 0.308. The Bertz CT molecular complexity index is 1100. The van der Waals surface area contributed by atoms with E-state index in [0.717, 1.165) is 0 Å². The second kappa shape index (κ2) is 24.6. The molecule has 232 valence electrons. The molecule has 0 fully saturated rings. The summed E-state index contributed by atoms with van der Waals surface area (Å²) >= 11 is 16.9. The van der Waals surface area contributed by atoms with Gasteiger partial charge in [0.15, 0.2) is 23.1 Å². The van der Waals surface area contributed by atoms with E-state index in [2.05, 4.69) is 29.5 Å². The zero-order valence-corrected chi connectivity index (χ0v) is 27.5. The number of halogens is 6. The predicted molar refractivity (Wildman–Crippen MR) is 159 cm³/mol. The van der Waals surface area contributed by atoms with Crippen molar-refractivity contribution in [2.45, 2.75) is 0 Å². The summed E-state index contributed by atoms with van der Waals surface area (Å²) in [7, 11) is 10.2. The largest absolute Gasteiger partial charge is 1.00 e. The Balaban J connectivity index is 0. The second-order valence-corrected chi connectivity index (χ2v) is 8.43. The number of benzene rings is 3. The van der Waals surface area contributed by atoms with Gasteiger partial charge in [-0.2, -0.15) is 6.07 Å². The molecule has 0 aliphatic rings. The summed E-state index contributed by atoms with van der Waals surface area (Å²) in [6, 6.07) is 12.7. The van der Waals surface area contributed by atoms with E-state index in [9.17, 15) is 13.2 Å². The molecule has 3 rings (SSSR count). The number of rotatable bonds is 9. The molecule has 0 saturated heterocycles. The molecule has 0 heterocycles. The number of hydrogen-bond donors (Lipinski definition) is 0. The van der Waals surface area contributed by atoms with E-state index in [4.69, 9.17) is 48.8 Å². The Kier molecular flexibility index (Phi) is 24.8. The molecule has 8 nitrogen and oxygen atoms in total. The predicted octanol–water partition coefficient (Wildman–Crippen LogP) is 3.17. The standard InChI is InChI=1S/C9H11BClFO3.C7H6ClFO.C7H5ClFO.C3H9BO3.Li/c1-13-9-7(11)5-4-6(8(9)12)10(14-2)15-3;2*1-10-7-5(8)3-2-4-6(7)9;1-5-4(6-2)7-3;/h4-5H,1-3H3;2-4H,1H3;2-3H,1H3;1-3H3;/q;;-1;;+1. The van der Waals surface area contributed by atoms with Gasteiger partial charge in [0.2, 0.25) is 0 Å². The summed E-state index contributed by atoms with van der Waals surface area (Å²) in [5.74, 6) is -1.43. The molecule has 0 radical (unpaired) electrons. The van der Waals surface area contributed by atoms with Gasteiger partial charge in [-0.3, -0.25) is 0 Å². The maximum atomic E-state index is 13.8. The van der Waals surface area contributed by atoms with Crippen molar-refractivity contribution in [2.24, 2.45) is 0 Å². The Morgan fingerprint density at radius 1 is 0.605 bits per heavy atom. The molecular weight excluding hydrogens is 632 g/mol. The summed E-state index contributed by atoms with van der Waals surface area (Å²) in [5.41, 5.74) is 0.251. The molecule has 0 unspecified atom stereocenters. The molecule has 3 aromatic rings. The van der Waals surface area contributed by atoms with E-state index in [1.165, 1.54) is 93.3 Å². The monoisotopic (exact) mass is 662 g/mol. The molecule has 0 spiro atoms. The van der Waals surface area contributed by atoms with Crippen LogP contribution in [0, 0.1) is 23.5 Å². The Hall–Kier alpha value is -1.75. The van der Waals surface area contributed by atoms with Crippen LogP contribution in [0.15, 0.2) is 42.5 Å². The first-order valence-electron chi connectivity index (χ1n) is 11.5. The van der Waals surface area contributed by atoms with Gasteiger partial charge in [0.05, 0.1) is 42.9 Å². The quantitative estimate of drug-likeness (QED) is 0.256. The first kappa shape index (κ1) is 43.4. The van der Waals surface area contributed by atoms with Crippen molar-refractivity contribution in [3.8, 4) is 17.2 Å². The van der Waals surface area contributed by atoms with Crippen LogP contribution in [0.1, 0.15) is 0 Å². The smallest absolute Gasteiger partial charge is 0.550 e. The van der Waals surface area contributed by atoms with E-state index in [1.807, 2.05) is 0 Å². The van der Waals surface area contributed by atoms with E-state index in [0.29, 0.717) is 5.02 Å². The third-order valence-electron chi connectivity index (χ3n) is 4.73. The third kappa shape index (κ3) is 14.7. The van der Waals surface area contributed by atoms with E-state index in [-0.39, 0.29) is 51.6 Å². The van der Waals surface area contributed by atoms with Crippen molar-refractivity contribution in [1.29, 1.82) is 0 Å². The molecule has 0 amide bonds. The number of methoxy groups -OCH3 is 3. The topological polar surface area (TPSA) is 73.8 Å². The maximum absolute atomic E-state index is 13.8. The molecular formula is C26H31B2Cl3F3LiO8. The minimum atomic E-state index is -0.767. The number of ether oxygens (including phenoxy) is 3. The molecule has 0 saturated carbocycles. The van der Waals surface area contributed by atoms with Crippen molar-refractivity contribution >= 4 is 54.7 Å². The van der Waals surface area contributed by atoms with E-state index < -0.39 is 31.9 Å². The zero-order chi connectivity index (χ0) is 32.2. The van der Waals surface area contributed by atoms with Crippen LogP contribution < -0.4 is 38.5 Å². The van der Waals surface area contributed by atoms with Gasteiger partial charge in [-0.05, 0) is 23.2 Å². The van der Waals surface area contributed by atoms with Crippen LogP contribution in [0.4, 0.5) is 13.2 Å². The molecule has 3 aromatic carbocycles. The van der Waals surface area contributed by atoms with E-state index in [1.54, 1.807) is 6.07 Å². The van der Waals surface area contributed by atoms with Gasteiger partial charge in [-0.25, -0.2) is 13.2 Å². The Labute approximate surface area is 278 Å². The molecule has 43 heavy (non-hydrogen) atoms. The summed E-state index contributed by atoms with van der Waals surface area (Å²) in [4.78, 5) is 0. The van der Waals surface area contributed by atoms with Crippen LogP contribution in [-0.4, -0.2) is 71.3 Å². The summed E-state index contributed by atoms with van der Waals surface area (Å²) in [6.45, 7) is 0. The Morgan fingerprint density at radius 2 is 1.09 bits per heavy atom. The fourth-order valence-electron chi connectivity index (χ4n) is 2.85. The van der Waals surface area contributed by atoms with E-state index >= 15 is 0 Å². The van der Waals surface area contributed by atoms with Crippen LogP contribution in [-0.2, 0) is 23.3 Å². The van der Waals surface area contributed by atoms with Gasteiger partial charge in [-0.1, -0.05) is 35.3 Å². The van der Waals surface area contributed by atoms with Crippen molar-refractivity contribution in [3.63, 3.8) is 0 Å². The second-order valence-electron chi connectivity index (χ2n) is 7.21. The average molecular weight is 663 g/mol. The SMILES string of the molecule is COB(OC)OC.COB(OC)c1ccc(Cl)c(OC)c1F.COc1c(F)[c-]ccc1Cl.COc1c(F)cccc1Cl.[Li+]. The molecule has 0 atom stereocenters. The minimum absolute atomic E-state index is 0. The van der Waals surface area contributed by atoms with Crippen LogP contribution >= 0.6 is 34.8 Å². The zero-order valence-electron chi connectivity index (χ0n) is 25.2. The van der Waals surface area contributed by atoms with Crippen molar-refractivity contribution in [1.82, 2.24) is 0 Å². The van der Waals surface area contributed by atoms with Crippen LogP contribution in [0.5, 0.6) is 17.2 Å². The van der Waals surface area contributed by atoms with Crippen molar-refractivity contribution in [2.75, 3.05) is 56.9 Å². The fourth-order valence-corrected chi connectivity index (χ4v) is 3.54. The van der Waals surface area contributed by atoms with Crippen molar-refractivity contribution in [3.05, 3.63) is 81.1 Å². The van der Waals surface area contributed by atoms with Crippen LogP contribution in [0.2, 0.25) is 15.1 Å². The summed E-state index contributed by atoms with van der Waals surface area (Å²) in [5, 5.41) is 0.769. The first-order valence-corrected chi connectivity index (χ1v) is 12.7. The summed E-state index contributed by atoms with van der Waals surface area (Å²) in [6.07, 6.45) is 0. The molecule has 0 N–H and O–H groups in total. The van der Waals surface area contributed by atoms with Gasteiger partial charge in [0.1, 0.15) is 0 Å². The van der Waals surface area contributed by atoms with Crippen LogP contribution in [0.25, 0.3) is 0 Å². The van der Waals surface area contributed by atoms with Gasteiger partial charge in [0, 0.05) is 41.0 Å².